The number of aryl methyl sites for hydroxylation is 1. The van der Waals surface area contributed by atoms with E-state index in [4.69, 9.17) is 9.26 Å². The summed E-state index contributed by atoms with van der Waals surface area (Å²) in [5, 5.41) is 6.91. The van der Waals surface area contributed by atoms with Crippen molar-refractivity contribution in [2.45, 2.75) is 38.7 Å². The fourth-order valence-electron chi connectivity index (χ4n) is 3.77. The third-order valence-corrected chi connectivity index (χ3v) is 5.82. The van der Waals surface area contributed by atoms with Crippen molar-refractivity contribution in [3.8, 4) is 22.4 Å². The lowest BCUT2D eigenvalue weighted by Crippen LogP contribution is -2.17. The first-order valence-corrected chi connectivity index (χ1v) is 11.0. The van der Waals surface area contributed by atoms with Crippen LogP contribution in [0.3, 0.4) is 0 Å². The second-order valence-electron chi connectivity index (χ2n) is 8.24. The van der Waals surface area contributed by atoms with Gasteiger partial charge < -0.3 is 9.26 Å². The minimum Gasteiger partial charge on any atom is -0.440 e. The van der Waals surface area contributed by atoms with Gasteiger partial charge in [-0.05, 0) is 49.3 Å². The molecule has 166 valence electrons. The summed E-state index contributed by atoms with van der Waals surface area (Å²) in [5.41, 5.74) is 6.14. The van der Waals surface area contributed by atoms with Gasteiger partial charge in [0.25, 0.3) is 0 Å². The van der Waals surface area contributed by atoms with E-state index >= 15 is 0 Å². The zero-order valence-corrected chi connectivity index (χ0v) is 18.5. The Hall–Kier alpha value is -4.00. The number of aromatic nitrogens is 3. The standard InChI is InChI=1S/C26H24N4O3/c1-16(23-15-27-13-14-28-23)32-26(31)29-24-17(2)33-30-25(24)22-11-9-21(10-12-22)20-7-5-19(6-8-20)18-3-4-18/h5-16,18H,3-4H2,1-2H3,(H,29,31). The molecule has 0 bridgehead atoms. The van der Waals surface area contributed by atoms with E-state index < -0.39 is 12.2 Å². The maximum Gasteiger partial charge on any atom is 0.412 e. The lowest BCUT2D eigenvalue weighted by atomic mass is 10.00. The number of anilines is 1. The summed E-state index contributed by atoms with van der Waals surface area (Å²) in [6, 6.07) is 16.8. The average molecular weight is 441 g/mol. The first-order valence-electron chi connectivity index (χ1n) is 11.0. The predicted octanol–water partition coefficient (Wildman–Crippen LogP) is 6.29. The fourth-order valence-corrected chi connectivity index (χ4v) is 3.77. The molecule has 7 heteroatoms. The lowest BCUT2D eigenvalue weighted by molar-refractivity contribution is 0.118. The van der Waals surface area contributed by atoms with Gasteiger partial charge in [-0.15, -0.1) is 0 Å². The first kappa shape index (κ1) is 20.9. The Bertz CT molecular complexity index is 1250. The van der Waals surface area contributed by atoms with Crippen molar-refractivity contribution in [1.29, 1.82) is 0 Å². The average Bonchev–Trinajstić information content (AvgIpc) is 3.64. The monoisotopic (exact) mass is 440 g/mol. The molecule has 1 aliphatic carbocycles. The number of carbonyl (C=O) groups is 1. The molecule has 0 aliphatic heterocycles. The molecule has 1 saturated carbocycles. The van der Waals surface area contributed by atoms with Gasteiger partial charge in [0, 0.05) is 18.0 Å². The van der Waals surface area contributed by atoms with Gasteiger partial charge in [-0.2, -0.15) is 0 Å². The van der Waals surface area contributed by atoms with Gasteiger partial charge in [0.1, 0.15) is 17.5 Å². The quantitative estimate of drug-likeness (QED) is 0.379. The van der Waals surface area contributed by atoms with Crippen molar-refractivity contribution >= 4 is 11.8 Å². The minimum atomic E-state index is -0.618. The molecule has 0 radical (unpaired) electrons. The zero-order valence-electron chi connectivity index (χ0n) is 18.5. The highest BCUT2D eigenvalue weighted by molar-refractivity contribution is 5.91. The van der Waals surface area contributed by atoms with Gasteiger partial charge >= 0.3 is 6.09 Å². The van der Waals surface area contributed by atoms with Crippen LogP contribution in [0.2, 0.25) is 0 Å². The molecule has 2 heterocycles. The summed E-state index contributed by atoms with van der Waals surface area (Å²) >= 11 is 0. The Morgan fingerprint density at radius 3 is 2.33 bits per heavy atom. The summed E-state index contributed by atoms with van der Waals surface area (Å²) in [4.78, 5) is 20.7. The number of nitrogens with one attached hydrogen (secondary N) is 1. The summed E-state index contributed by atoms with van der Waals surface area (Å²) in [6.45, 7) is 3.48. The van der Waals surface area contributed by atoms with Gasteiger partial charge in [0.2, 0.25) is 0 Å². The molecule has 2 aromatic heterocycles. The maximum atomic E-state index is 12.5. The van der Waals surface area contributed by atoms with Crippen LogP contribution in [-0.4, -0.2) is 21.2 Å². The largest absolute Gasteiger partial charge is 0.440 e. The normalized spacial score (nSPS) is 14.0. The van der Waals surface area contributed by atoms with Gasteiger partial charge in [0.05, 0.1) is 11.9 Å². The molecule has 1 aliphatic rings. The van der Waals surface area contributed by atoms with Crippen molar-refractivity contribution in [1.82, 2.24) is 15.1 Å². The van der Waals surface area contributed by atoms with Gasteiger partial charge in [-0.1, -0.05) is 53.7 Å². The number of rotatable bonds is 6. The van der Waals surface area contributed by atoms with Crippen LogP contribution >= 0.6 is 0 Å². The topological polar surface area (TPSA) is 90.1 Å². The van der Waals surface area contributed by atoms with Crippen LogP contribution in [0.25, 0.3) is 22.4 Å². The molecule has 33 heavy (non-hydrogen) atoms. The van der Waals surface area contributed by atoms with E-state index in [9.17, 15) is 4.79 Å². The van der Waals surface area contributed by atoms with Crippen LogP contribution in [0.1, 0.15) is 48.8 Å². The van der Waals surface area contributed by atoms with Crippen LogP contribution in [0, 0.1) is 6.92 Å². The van der Waals surface area contributed by atoms with E-state index in [-0.39, 0.29) is 0 Å². The van der Waals surface area contributed by atoms with Crippen LogP contribution in [-0.2, 0) is 4.74 Å². The van der Waals surface area contributed by atoms with E-state index in [0.29, 0.717) is 22.8 Å². The number of nitrogens with zero attached hydrogens (tertiary/aromatic N) is 3. The second kappa shape index (κ2) is 8.86. The number of benzene rings is 2. The summed E-state index contributed by atoms with van der Waals surface area (Å²) < 4.78 is 10.8. The van der Waals surface area contributed by atoms with Crippen LogP contribution in [0.5, 0.6) is 0 Å². The molecule has 1 fully saturated rings. The molecule has 1 N–H and O–H groups in total. The maximum absolute atomic E-state index is 12.5. The van der Waals surface area contributed by atoms with Crippen LogP contribution < -0.4 is 5.32 Å². The van der Waals surface area contributed by atoms with Crippen LogP contribution in [0.15, 0.2) is 71.6 Å². The van der Waals surface area contributed by atoms with E-state index in [0.717, 1.165) is 17.0 Å². The Morgan fingerprint density at radius 1 is 1.03 bits per heavy atom. The van der Waals surface area contributed by atoms with E-state index in [1.165, 1.54) is 24.0 Å². The zero-order chi connectivity index (χ0) is 22.8. The fraction of sp³-hybridized carbons (Fsp3) is 0.231. The minimum absolute atomic E-state index is 0.480. The molecular weight excluding hydrogens is 416 g/mol. The molecule has 1 unspecified atom stereocenters. The molecule has 0 saturated heterocycles. The third-order valence-electron chi connectivity index (χ3n) is 5.82. The Labute approximate surface area is 191 Å². The predicted molar refractivity (Wildman–Crippen MR) is 125 cm³/mol. The molecule has 5 rings (SSSR count). The van der Waals surface area contributed by atoms with Gasteiger partial charge in [-0.3, -0.25) is 15.3 Å². The van der Waals surface area contributed by atoms with Crippen molar-refractivity contribution < 1.29 is 14.1 Å². The number of hydrogen-bond acceptors (Lipinski definition) is 6. The van der Waals surface area contributed by atoms with Crippen molar-refractivity contribution in [2.24, 2.45) is 0 Å². The molecule has 1 amide bonds. The highest BCUT2D eigenvalue weighted by Crippen LogP contribution is 2.40. The Kier molecular flexibility index (Phi) is 5.60. The number of amides is 1. The summed E-state index contributed by atoms with van der Waals surface area (Å²) in [6.07, 6.45) is 6.12. The van der Waals surface area contributed by atoms with E-state index in [1.54, 1.807) is 32.4 Å². The smallest absolute Gasteiger partial charge is 0.412 e. The summed E-state index contributed by atoms with van der Waals surface area (Å²) in [5.74, 6) is 1.24. The molecule has 2 aromatic carbocycles. The van der Waals surface area contributed by atoms with Gasteiger partial charge in [-0.25, -0.2) is 4.79 Å². The highest BCUT2D eigenvalue weighted by atomic mass is 16.6. The molecule has 4 aromatic rings. The van der Waals surface area contributed by atoms with Crippen molar-refractivity contribution in [2.75, 3.05) is 5.32 Å². The third kappa shape index (κ3) is 4.62. The Balaban J connectivity index is 1.30. The first-order chi connectivity index (χ1) is 16.1. The molecular formula is C26H24N4O3. The van der Waals surface area contributed by atoms with Crippen molar-refractivity contribution in [3.63, 3.8) is 0 Å². The highest BCUT2D eigenvalue weighted by Gasteiger charge is 2.23. The van der Waals surface area contributed by atoms with E-state index in [1.807, 2.05) is 24.3 Å². The lowest BCUT2D eigenvalue weighted by Gasteiger charge is -2.13. The van der Waals surface area contributed by atoms with E-state index in [2.05, 4.69) is 44.7 Å². The second-order valence-corrected chi connectivity index (χ2v) is 8.24. The number of carbonyl (C=O) groups excluding carboxylic acids is 1. The van der Waals surface area contributed by atoms with Gasteiger partial charge in [0.15, 0.2) is 5.76 Å². The number of hydrogen-bond donors (Lipinski definition) is 1. The SMILES string of the molecule is Cc1onc(-c2ccc(-c3ccc(C4CC4)cc3)cc2)c1NC(=O)OC(C)c1cnccn1. The van der Waals surface area contributed by atoms with Crippen LogP contribution in [0.4, 0.5) is 10.5 Å². The molecule has 1 atom stereocenters. The van der Waals surface area contributed by atoms with Crippen molar-refractivity contribution in [3.05, 3.63) is 84.1 Å². The molecule has 7 nitrogen and oxygen atoms in total. The summed E-state index contributed by atoms with van der Waals surface area (Å²) in [7, 11) is 0. The Morgan fingerprint density at radius 2 is 1.70 bits per heavy atom. The molecule has 0 spiro atoms. The number of ether oxygens (including phenoxy) is 1.